The molecule has 33 heavy (non-hydrogen) atoms. The standard InChI is InChI=1S/C23H26ClN5O3S/c1-13(28-22(30)32-23(2,3)4)10-16-18(21-25-7-8-26-21)19-20(31-16)15(11-17(24)29-19)27-12-14-6-5-9-33-14/h5-9,11,13H,10,12H2,1-4H3,(H,25,26)(H,27,29)(H,28,30)/t13-/m0/s1. The second-order valence-corrected chi connectivity index (χ2v) is 10.1. The number of carbonyl (C=O) groups excluding carboxylic acids is 1. The Hall–Kier alpha value is -3.04. The fourth-order valence-corrected chi connectivity index (χ4v) is 4.27. The van der Waals surface area contributed by atoms with Crippen LogP contribution in [0.5, 0.6) is 0 Å². The minimum Gasteiger partial charge on any atom is -0.456 e. The first kappa shape index (κ1) is 23.1. The Kier molecular flexibility index (Phi) is 6.62. The average Bonchev–Trinajstić information content (AvgIpc) is 3.45. The van der Waals surface area contributed by atoms with E-state index in [1.165, 1.54) is 4.88 Å². The Bertz CT molecular complexity index is 1230. The number of nitrogens with one attached hydrogen (secondary N) is 3. The van der Waals surface area contributed by atoms with Crippen LogP contribution in [0.2, 0.25) is 5.15 Å². The minimum atomic E-state index is -0.577. The fourth-order valence-electron chi connectivity index (χ4n) is 3.44. The largest absolute Gasteiger partial charge is 0.456 e. The minimum absolute atomic E-state index is 0.257. The zero-order valence-electron chi connectivity index (χ0n) is 18.9. The first-order valence-corrected chi connectivity index (χ1v) is 11.8. The molecule has 0 spiro atoms. The molecular weight excluding hydrogens is 462 g/mol. The molecule has 1 atom stereocenters. The molecule has 0 aliphatic rings. The van der Waals surface area contributed by atoms with E-state index in [0.29, 0.717) is 40.8 Å². The van der Waals surface area contributed by atoms with E-state index >= 15 is 0 Å². The molecule has 4 aromatic heterocycles. The van der Waals surface area contributed by atoms with Crippen LogP contribution in [0.1, 0.15) is 38.3 Å². The number of anilines is 1. The van der Waals surface area contributed by atoms with Gasteiger partial charge in [0.15, 0.2) is 5.58 Å². The number of aromatic amines is 1. The quantitative estimate of drug-likeness (QED) is 0.276. The van der Waals surface area contributed by atoms with Crippen LogP contribution in [0.15, 0.2) is 40.4 Å². The smallest absolute Gasteiger partial charge is 0.407 e. The van der Waals surface area contributed by atoms with Crippen molar-refractivity contribution in [3.05, 3.63) is 51.8 Å². The molecule has 1 amide bonds. The molecular formula is C23H26ClN5O3S. The number of fused-ring (bicyclic) bond motifs is 1. The van der Waals surface area contributed by atoms with E-state index in [-0.39, 0.29) is 6.04 Å². The Morgan fingerprint density at radius 1 is 1.39 bits per heavy atom. The molecule has 0 aromatic carbocycles. The third kappa shape index (κ3) is 5.66. The van der Waals surface area contributed by atoms with E-state index in [1.807, 2.05) is 39.1 Å². The maximum atomic E-state index is 12.2. The Morgan fingerprint density at radius 3 is 2.88 bits per heavy atom. The summed E-state index contributed by atoms with van der Waals surface area (Å²) in [6, 6.07) is 5.56. The molecule has 0 unspecified atom stereocenters. The summed E-state index contributed by atoms with van der Waals surface area (Å²) < 4.78 is 11.7. The summed E-state index contributed by atoms with van der Waals surface area (Å²) in [6.07, 6.45) is 3.33. The lowest BCUT2D eigenvalue weighted by Gasteiger charge is -2.21. The SMILES string of the molecule is C[C@@H](Cc1oc2c(NCc3cccs3)cc(Cl)nc2c1-c1ncc[nH]1)NC(=O)OC(C)(C)C. The predicted molar refractivity (Wildman–Crippen MR) is 131 cm³/mol. The molecule has 3 N–H and O–H groups in total. The molecule has 0 saturated heterocycles. The van der Waals surface area contributed by atoms with Gasteiger partial charge in [-0.05, 0) is 39.1 Å². The topological polar surface area (TPSA) is 105 Å². The van der Waals surface area contributed by atoms with Gasteiger partial charge in [0, 0.05) is 42.3 Å². The van der Waals surface area contributed by atoms with Gasteiger partial charge in [-0.3, -0.25) is 0 Å². The maximum Gasteiger partial charge on any atom is 0.407 e. The zero-order chi connectivity index (χ0) is 23.6. The van der Waals surface area contributed by atoms with Crippen molar-refractivity contribution >= 4 is 45.8 Å². The summed E-state index contributed by atoms with van der Waals surface area (Å²) >= 11 is 8.04. The van der Waals surface area contributed by atoms with Crippen molar-refractivity contribution in [3.63, 3.8) is 0 Å². The number of ether oxygens (including phenoxy) is 1. The molecule has 8 nitrogen and oxygen atoms in total. The van der Waals surface area contributed by atoms with Gasteiger partial charge >= 0.3 is 6.09 Å². The normalized spacial score (nSPS) is 12.6. The molecule has 0 bridgehead atoms. The van der Waals surface area contributed by atoms with E-state index in [9.17, 15) is 4.79 Å². The molecule has 4 rings (SSSR count). The number of imidazole rings is 1. The van der Waals surface area contributed by atoms with Crippen molar-refractivity contribution < 1.29 is 13.9 Å². The van der Waals surface area contributed by atoms with Crippen LogP contribution in [0, 0.1) is 0 Å². The number of carbonyl (C=O) groups is 1. The average molecular weight is 488 g/mol. The van der Waals surface area contributed by atoms with Crippen molar-refractivity contribution in [1.82, 2.24) is 20.3 Å². The highest BCUT2D eigenvalue weighted by molar-refractivity contribution is 7.09. The number of amides is 1. The number of aromatic nitrogens is 3. The Morgan fingerprint density at radius 2 is 2.21 bits per heavy atom. The van der Waals surface area contributed by atoms with Gasteiger partial charge in [0.05, 0.1) is 11.3 Å². The number of H-pyrrole nitrogens is 1. The number of hydrogen-bond acceptors (Lipinski definition) is 7. The van der Waals surface area contributed by atoms with Gasteiger partial charge in [-0.2, -0.15) is 0 Å². The first-order chi connectivity index (χ1) is 15.7. The van der Waals surface area contributed by atoms with Crippen molar-refractivity contribution in [2.24, 2.45) is 0 Å². The lowest BCUT2D eigenvalue weighted by molar-refractivity contribution is 0.0507. The molecule has 0 fully saturated rings. The third-order valence-corrected chi connectivity index (χ3v) is 5.78. The second-order valence-electron chi connectivity index (χ2n) is 8.69. The number of rotatable bonds is 7. The third-order valence-electron chi connectivity index (χ3n) is 4.71. The van der Waals surface area contributed by atoms with Crippen molar-refractivity contribution in [2.75, 3.05) is 5.32 Å². The highest BCUT2D eigenvalue weighted by Gasteiger charge is 2.25. The van der Waals surface area contributed by atoms with Crippen LogP contribution in [-0.2, 0) is 17.7 Å². The number of hydrogen-bond donors (Lipinski definition) is 3. The Labute approximate surface area is 200 Å². The lowest BCUT2D eigenvalue weighted by atomic mass is 10.1. The van der Waals surface area contributed by atoms with E-state index in [4.69, 9.17) is 20.8 Å². The van der Waals surface area contributed by atoms with Crippen LogP contribution < -0.4 is 10.6 Å². The number of furan rings is 1. The van der Waals surface area contributed by atoms with Crippen LogP contribution >= 0.6 is 22.9 Å². The van der Waals surface area contributed by atoms with Crippen molar-refractivity contribution in [2.45, 2.75) is 52.3 Å². The van der Waals surface area contributed by atoms with Gasteiger partial charge in [-0.25, -0.2) is 14.8 Å². The first-order valence-electron chi connectivity index (χ1n) is 10.6. The summed E-state index contributed by atoms with van der Waals surface area (Å²) in [5.74, 6) is 1.25. The molecule has 174 valence electrons. The fraction of sp³-hybridized carbons (Fsp3) is 0.348. The van der Waals surface area contributed by atoms with E-state index in [0.717, 1.165) is 11.3 Å². The number of halogens is 1. The second kappa shape index (κ2) is 9.44. The molecule has 0 aliphatic heterocycles. The van der Waals surface area contributed by atoms with Crippen molar-refractivity contribution in [3.8, 4) is 11.4 Å². The molecule has 4 heterocycles. The monoisotopic (exact) mass is 487 g/mol. The highest BCUT2D eigenvalue weighted by Crippen LogP contribution is 2.38. The molecule has 4 aromatic rings. The molecule has 0 saturated carbocycles. The summed E-state index contributed by atoms with van der Waals surface area (Å²) in [4.78, 5) is 25.5. The molecule has 10 heteroatoms. The maximum absolute atomic E-state index is 12.2. The number of pyridine rings is 1. The van der Waals surface area contributed by atoms with E-state index < -0.39 is 11.7 Å². The number of alkyl carbamates (subject to hydrolysis) is 1. The van der Waals surface area contributed by atoms with Gasteiger partial charge in [-0.15, -0.1) is 11.3 Å². The lowest BCUT2D eigenvalue weighted by Crippen LogP contribution is -2.38. The molecule has 0 aliphatic carbocycles. The van der Waals surface area contributed by atoms with Crippen LogP contribution in [0.25, 0.3) is 22.5 Å². The Balaban J connectivity index is 1.67. The zero-order valence-corrected chi connectivity index (χ0v) is 20.4. The summed E-state index contributed by atoms with van der Waals surface area (Å²) in [5.41, 5.74) is 2.07. The summed E-state index contributed by atoms with van der Waals surface area (Å²) in [6.45, 7) is 8.00. The van der Waals surface area contributed by atoms with E-state index in [2.05, 4.69) is 31.7 Å². The summed E-state index contributed by atoms with van der Waals surface area (Å²) in [5, 5.41) is 8.64. The van der Waals surface area contributed by atoms with Gasteiger partial charge in [0.1, 0.15) is 27.9 Å². The number of nitrogens with zero attached hydrogens (tertiary/aromatic N) is 2. The highest BCUT2D eigenvalue weighted by atomic mass is 35.5. The van der Waals surface area contributed by atoms with Crippen molar-refractivity contribution in [1.29, 1.82) is 0 Å². The predicted octanol–water partition coefficient (Wildman–Crippen LogP) is 6.00. The van der Waals surface area contributed by atoms with Crippen LogP contribution in [0.4, 0.5) is 10.5 Å². The molecule has 0 radical (unpaired) electrons. The van der Waals surface area contributed by atoms with E-state index in [1.54, 1.807) is 29.8 Å². The van der Waals surface area contributed by atoms with Gasteiger partial charge < -0.3 is 24.8 Å². The van der Waals surface area contributed by atoms with Gasteiger partial charge in [0.25, 0.3) is 0 Å². The van der Waals surface area contributed by atoms with Gasteiger partial charge in [0.2, 0.25) is 0 Å². The number of thiophene rings is 1. The summed E-state index contributed by atoms with van der Waals surface area (Å²) in [7, 11) is 0. The van der Waals surface area contributed by atoms with Crippen LogP contribution in [0.3, 0.4) is 0 Å². The van der Waals surface area contributed by atoms with Gasteiger partial charge in [-0.1, -0.05) is 17.7 Å². The van der Waals surface area contributed by atoms with Crippen LogP contribution in [-0.4, -0.2) is 32.7 Å².